The molecule has 0 saturated heterocycles. The Morgan fingerprint density at radius 1 is 1.41 bits per heavy atom. The molecule has 17 heavy (non-hydrogen) atoms. The van der Waals surface area contributed by atoms with Crippen molar-refractivity contribution in [1.29, 1.82) is 0 Å². The molecule has 0 aliphatic heterocycles. The molecular weight excluding hydrogens is 236 g/mol. The van der Waals surface area contributed by atoms with Crippen LogP contribution in [0, 0.1) is 6.92 Å². The summed E-state index contributed by atoms with van der Waals surface area (Å²) in [7, 11) is 0. The second-order valence-corrected chi connectivity index (χ2v) is 4.42. The minimum Gasteiger partial charge on any atom is -0.469 e. The summed E-state index contributed by atoms with van der Waals surface area (Å²) in [6.07, 6.45) is 2.38. The standard InChI is InChI=1S/C13H15ClN2O/c1-9-7-10(4-5-12(9)14)13(16-15)8-11-3-2-6-17-11/h2-7,13,16H,8,15H2,1H3. The Labute approximate surface area is 106 Å². The van der Waals surface area contributed by atoms with Gasteiger partial charge in [0.1, 0.15) is 5.76 Å². The smallest absolute Gasteiger partial charge is 0.105 e. The van der Waals surface area contributed by atoms with Crippen LogP contribution in [0.4, 0.5) is 0 Å². The summed E-state index contributed by atoms with van der Waals surface area (Å²) in [5, 5.41) is 0.766. The lowest BCUT2D eigenvalue weighted by atomic mass is 10.0. The van der Waals surface area contributed by atoms with Crippen LogP contribution in [-0.2, 0) is 6.42 Å². The second-order valence-electron chi connectivity index (χ2n) is 4.01. The summed E-state index contributed by atoms with van der Waals surface area (Å²) in [5.41, 5.74) is 4.95. The molecule has 2 aromatic rings. The molecule has 1 heterocycles. The van der Waals surface area contributed by atoms with Gasteiger partial charge in [-0.25, -0.2) is 0 Å². The minimum atomic E-state index is 0.0251. The first-order valence-corrected chi connectivity index (χ1v) is 5.83. The Balaban J connectivity index is 2.20. The van der Waals surface area contributed by atoms with Crippen molar-refractivity contribution < 1.29 is 4.42 Å². The van der Waals surface area contributed by atoms with Crippen LogP contribution < -0.4 is 11.3 Å². The monoisotopic (exact) mass is 250 g/mol. The van der Waals surface area contributed by atoms with Gasteiger partial charge < -0.3 is 4.42 Å². The summed E-state index contributed by atoms with van der Waals surface area (Å²) >= 11 is 6.00. The number of furan rings is 1. The first-order valence-electron chi connectivity index (χ1n) is 5.45. The van der Waals surface area contributed by atoms with Crippen molar-refractivity contribution in [2.75, 3.05) is 0 Å². The molecule has 4 heteroatoms. The van der Waals surface area contributed by atoms with Crippen molar-refractivity contribution in [3.05, 3.63) is 58.5 Å². The minimum absolute atomic E-state index is 0.0251. The van der Waals surface area contributed by atoms with Crippen LogP contribution >= 0.6 is 11.6 Å². The van der Waals surface area contributed by atoms with E-state index in [2.05, 4.69) is 5.43 Å². The highest BCUT2D eigenvalue weighted by atomic mass is 35.5. The second kappa shape index (κ2) is 5.36. The van der Waals surface area contributed by atoms with Crippen molar-refractivity contribution >= 4 is 11.6 Å². The van der Waals surface area contributed by atoms with Crippen LogP contribution in [0.2, 0.25) is 5.02 Å². The molecule has 0 aliphatic rings. The van der Waals surface area contributed by atoms with Crippen molar-refractivity contribution in [2.24, 2.45) is 5.84 Å². The number of hydrogen-bond donors (Lipinski definition) is 2. The highest BCUT2D eigenvalue weighted by Crippen LogP contribution is 2.23. The summed E-state index contributed by atoms with van der Waals surface area (Å²) in [5.74, 6) is 6.49. The van der Waals surface area contributed by atoms with E-state index in [9.17, 15) is 0 Å². The van der Waals surface area contributed by atoms with Crippen LogP contribution in [0.15, 0.2) is 41.0 Å². The van der Waals surface area contributed by atoms with Gasteiger partial charge in [-0.05, 0) is 36.2 Å². The Hall–Kier alpha value is -1.29. The molecule has 0 bridgehead atoms. The molecule has 1 aromatic heterocycles. The average Bonchev–Trinajstić information content (AvgIpc) is 2.82. The molecule has 0 saturated carbocycles. The zero-order chi connectivity index (χ0) is 12.3. The maximum Gasteiger partial charge on any atom is 0.105 e. The molecular formula is C13H15ClN2O. The fourth-order valence-corrected chi connectivity index (χ4v) is 1.91. The third-order valence-electron chi connectivity index (χ3n) is 2.77. The number of rotatable bonds is 4. The van der Waals surface area contributed by atoms with Gasteiger partial charge in [0.05, 0.1) is 12.3 Å². The van der Waals surface area contributed by atoms with Crippen LogP contribution in [0.5, 0.6) is 0 Å². The predicted octanol–water partition coefficient (Wildman–Crippen LogP) is 2.99. The summed E-state index contributed by atoms with van der Waals surface area (Å²) < 4.78 is 5.32. The predicted molar refractivity (Wildman–Crippen MR) is 68.7 cm³/mol. The molecule has 2 rings (SSSR count). The van der Waals surface area contributed by atoms with E-state index in [1.807, 2.05) is 37.3 Å². The SMILES string of the molecule is Cc1cc(C(Cc2ccco2)NN)ccc1Cl. The molecule has 0 radical (unpaired) electrons. The van der Waals surface area contributed by atoms with E-state index in [1.54, 1.807) is 6.26 Å². The molecule has 3 nitrogen and oxygen atoms in total. The van der Waals surface area contributed by atoms with Gasteiger partial charge in [-0.3, -0.25) is 11.3 Å². The molecule has 0 fully saturated rings. The zero-order valence-electron chi connectivity index (χ0n) is 9.61. The van der Waals surface area contributed by atoms with Gasteiger partial charge >= 0.3 is 0 Å². The highest BCUT2D eigenvalue weighted by molar-refractivity contribution is 6.31. The van der Waals surface area contributed by atoms with Crippen molar-refractivity contribution in [3.63, 3.8) is 0 Å². The van der Waals surface area contributed by atoms with E-state index in [0.29, 0.717) is 6.42 Å². The lowest BCUT2D eigenvalue weighted by Crippen LogP contribution is -2.29. The summed E-state index contributed by atoms with van der Waals surface area (Å²) in [6, 6.07) is 9.73. The van der Waals surface area contributed by atoms with Gasteiger partial charge in [-0.1, -0.05) is 23.7 Å². The Morgan fingerprint density at radius 3 is 2.82 bits per heavy atom. The van der Waals surface area contributed by atoms with Gasteiger partial charge in [0.25, 0.3) is 0 Å². The van der Waals surface area contributed by atoms with E-state index >= 15 is 0 Å². The van der Waals surface area contributed by atoms with Crippen LogP contribution in [-0.4, -0.2) is 0 Å². The van der Waals surface area contributed by atoms with Crippen molar-refractivity contribution in [3.8, 4) is 0 Å². The Kier molecular flexibility index (Phi) is 3.84. The van der Waals surface area contributed by atoms with E-state index in [0.717, 1.165) is 21.9 Å². The molecule has 1 aromatic carbocycles. The zero-order valence-corrected chi connectivity index (χ0v) is 10.4. The highest BCUT2D eigenvalue weighted by Gasteiger charge is 2.12. The maximum absolute atomic E-state index is 6.00. The molecule has 1 unspecified atom stereocenters. The number of hydrogen-bond acceptors (Lipinski definition) is 3. The largest absolute Gasteiger partial charge is 0.469 e. The summed E-state index contributed by atoms with van der Waals surface area (Å²) in [6.45, 7) is 1.98. The van der Waals surface area contributed by atoms with E-state index in [4.69, 9.17) is 21.9 Å². The van der Waals surface area contributed by atoms with Crippen LogP contribution in [0.25, 0.3) is 0 Å². The molecule has 90 valence electrons. The molecule has 3 N–H and O–H groups in total. The number of benzene rings is 1. The van der Waals surface area contributed by atoms with Gasteiger partial charge in [-0.15, -0.1) is 0 Å². The van der Waals surface area contributed by atoms with Gasteiger partial charge in [0, 0.05) is 11.4 Å². The number of aryl methyl sites for hydroxylation is 1. The number of hydrazine groups is 1. The fraction of sp³-hybridized carbons (Fsp3) is 0.231. The van der Waals surface area contributed by atoms with Crippen LogP contribution in [0.1, 0.15) is 22.9 Å². The Morgan fingerprint density at radius 2 is 2.24 bits per heavy atom. The van der Waals surface area contributed by atoms with E-state index in [1.165, 1.54) is 0 Å². The lowest BCUT2D eigenvalue weighted by molar-refractivity contribution is 0.454. The van der Waals surface area contributed by atoms with E-state index < -0.39 is 0 Å². The number of nitrogens with one attached hydrogen (secondary N) is 1. The molecule has 0 spiro atoms. The van der Waals surface area contributed by atoms with E-state index in [-0.39, 0.29) is 6.04 Å². The maximum atomic E-state index is 6.00. The molecule has 0 amide bonds. The topological polar surface area (TPSA) is 51.2 Å². The van der Waals surface area contributed by atoms with Gasteiger partial charge in [0.2, 0.25) is 0 Å². The first kappa shape index (κ1) is 12.2. The normalized spacial score (nSPS) is 12.6. The number of halogens is 1. The van der Waals surface area contributed by atoms with Gasteiger partial charge in [0.15, 0.2) is 0 Å². The average molecular weight is 251 g/mol. The van der Waals surface area contributed by atoms with Crippen molar-refractivity contribution in [1.82, 2.24) is 5.43 Å². The number of nitrogens with two attached hydrogens (primary N) is 1. The Bertz CT molecular complexity index is 482. The third-order valence-corrected chi connectivity index (χ3v) is 3.20. The lowest BCUT2D eigenvalue weighted by Gasteiger charge is -2.16. The fourth-order valence-electron chi connectivity index (χ4n) is 1.79. The summed E-state index contributed by atoms with van der Waals surface area (Å²) in [4.78, 5) is 0. The van der Waals surface area contributed by atoms with Crippen molar-refractivity contribution in [2.45, 2.75) is 19.4 Å². The van der Waals surface area contributed by atoms with Gasteiger partial charge in [-0.2, -0.15) is 0 Å². The molecule has 0 aliphatic carbocycles. The first-order chi connectivity index (χ1) is 8.20. The quantitative estimate of drug-likeness (QED) is 0.648. The van der Waals surface area contributed by atoms with Crippen LogP contribution in [0.3, 0.4) is 0 Å². The molecule has 1 atom stereocenters. The third kappa shape index (κ3) is 2.88.